The summed E-state index contributed by atoms with van der Waals surface area (Å²) in [6.45, 7) is 8.93. The van der Waals surface area contributed by atoms with E-state index in [4.69, 9.17) is 0 Å². The Balaban J connectivity index is 1.61. The monoisotopic (exact) mass is 260 g/mol. The van der Waals surface area contributed by atoms with Gasteiger partial charge in [0.05, 0.1) is 0 Å². The molecule has 2 nitrogen and oxygen atoms in total. The van der Waals surface area contributed by atoms with Crippen LogP contribution in [-0.2, 0) is 13.1 Å². The average Bonchev–Trinajstić information content (AvgIpc) is 3.01. The highest BCUT2D eigenvalue weighted by Gasteiger charge is 2.39. The molecule has 0 spiro atoms. The summed E-state index contributed by atoms with van der Waals surface area (Å²) in [6, 6.07) is 4.47. The molecular weight excluding hydrogens is 232 g/mol. The van der Waals surface area contributed by atoms with Crippen LogP contribution in [0.1, 0.15) is 52.1 Å². The first-order chi connectivity index (χ1) is 9.01. The standard InChI is InChI=1S/C17H28N2/c1-17(2,3)18-11-16-5-4-8-19(16)12-15-10-13-6-7-14(15)9-13/h4-5,8,13-15,18H,6-7,9-12H2,1-3H3. The van der Waals surface area contributed by atoms with Crippen molar-refractivity contribution in [3.8, 4) is 0 Å². The van der Waals surface area contributed by atoms with E-state index in [9.17, 15) is 0 Å². The number of rotatable bonds is 4. The molecule has 0 aromatic carbocycles. The van der Waals surface area contributed by atoms with Gasteiger partial charge < -0.3 is 9.88 Å². The highest BCUT2D eigenvalue weighted by molar-refractivity contribution is 5.08. The van der Waals surface area contributed by atoms with Gasteiger partial charge in [0.1, 0.15) is 0 Å². The maximum absolute atomic E-state index is 3.60. The molecule has 2 saturated carbocycles. The molecule has 1 aromatic rings. The molecule has 2 fully saturated rings. The molecule has 1 N–H and O–H groups in total. The second-order valence-electron chi connectivity index (χ2n) is 7.69. The van der Waals surface area contributed by atoms with Crippen molar-refractivity contribution in [3.05, 3.63) is 24.0 Å². The van der Waals surface area contributed by atoms with Crippen LogP contribution >= 0.6 is 0 Å². The van der Waals surface area contributed by atoms with Crippen LogP contribution in [-0.4, -0.2) is 10.1 Å². The summed E-state index contributed by atoms with van der Waals surface area (Å²) in [7, 11) is 0. The Morgan fingerprint density at radius 3 is 2.74 bits per heavy atom. The van der Waals surface area contributed by atoms with E-state index in [-0.39, 0.29) is 5.54 Å². The Kier molecular flexibility index (Phi) is 3.46. The van der Waals surface area contributed by atoms with Gasteiger partial charge in [-0.25, -0.2) is 0 Å². The van der Waals surface area contributed by atoms with Gasteiger partial charge in [0.25, 0.3) is 0 Å². The molecule has 19 heavy (non-hydrogen) atoms. The van der Waals surface area contributed by atoms with Crippen molar-refractivity contribution in [3.63, 3.8) is 0 Å². The summed E-state index contributed by atoms with van der Waals surface area (Å²) in [4.78, 5) is 0. The molecule has 3 atom stereocenters. The molecule has 0 saturated heterocycles. The van der Waals surface area contributed by atoms with Crippen LogP contribution in [0.4, 0.5) is 0 Å². The first-order valence-corrected chi connectivity index (χ1v) is 7.90. The Morgan fingerprint density at radius 1 is 1.26 bits per heavy atom. The molecular formula is C17H28N2. The normalized spacial score (nSPS) is 30.2. The van der Waals surface area contributed by atoms with E-state index >= 15 is 0 Å². The van der Waals surface area contributed by atoms with E-state index in [1.807, 2.05) is 0 Å². The maximum atomic E-state index is 3.60. The smallest absolute Gasteiger partial charge is 0.0363 e. The van der Waals surface area contributed by atoms with Crippen LogP contribution < -0.4 is 5.32 Å². The molecule has 1 aromatic heterocycles. The largest absolute Gasteiger partial charge is 0.350 e. The van der Waals surface area contributed by atoms with Gasteiger partial charge in [-0.1, -0.05) is 6.42 Å². The van der Waals surface area contributed by atoms with Crippen molar-refractivity contribution < 1.29 is 0 Å². The summed E-state index contributed by atoms with van der Waals surface area (Å²) >= 11 is 0. The number of hydrogen-bond acceptors (Lipinski definition) is 1. The minimum Gasteiger partial charge on any atom is -0.350 e. The summed E-state index contributed by atoms with van der Waals surface area (Å²) in [6.07, 6.45) is 8.26. The van der Waals surface area contributed by atoms with Gasteiger partial charge in [0.2, 0.25) is 0 Å². The predicted molar refractivity (Wildman–Crippen MR) is 80.0 cm³/mol. The average molecular weight is 260 g/mol. The lowest BCUT2D eigenvalue weighted by Gasteiger charge is -2.25. The summed E-state index contributed by atoms with van der Waals surface area (Å²) in [5, 5.41) is 3.60. The first kappa shape index (κ1) is 13.2. The molecule has 2 heteroatoms. The SMILES string of the molecule is CC(C)(C)NCc1cccn1CC1CC2CCC1C2. The Labute approximate surface area is 117 Å². The zero-order valence-corrected chi connectivity index (χ0v) is 12.7. The maximum Gasteiger partial charge on any atom is 0.0363 e. The zero-order chi connectivity index (χ0) is 13.5. The minimum absolute atomic E-state index is 0.196. The summed E-state index contributed by atoms with van der Waals surface area (Å²) < 4.78 is 2.49. The Bertz CT molecular complexity index is 427. The molecule has 2 aliphatic rings. The number of fused-ring (bicyclic) bond motifs is 2. The number of nitrogens with one attached hydrogen (secondary N) is 1. The van der Waals surface area contributed by atoms with Crippen LogP contribution in [0.3, 0.4) is 0 Å². The second-order valence-corrected chi connectivity index (χ2v) is 7.69. The lowest BCUT2D eigenvalue weighted by Crippen LogP contribution is -2.35. The van der Waals surface area contributed by atoms with Crippen molar-refractivity contribution in [1.29, 1.82) is 0 Å². The predicted octanol–water partition coefficient (Wildman–Crippen LogP) is 3.81. The number of aromatic nitrogens is 1. The van der Waals surface area contributed by atoms with E-state index in [1.165, 1.54) is 37.9 Å². The van der Waals surface area contributed by atoms with Crippen LogP contribution in [0, 0.1) is 17.8 Å². The quantitative estimate of drug-likeness (QED) is 0.871. The lowest BCUT2D eigenvalue weighted by molar-refractivity contribution is 0.291. The first-order valence-electron chi connectivity index (χ1n) is 7.90. The van der Waals surface area contributed by atoms with Gasteiger partial charge in [0.15, 0.2) is 0 Å². The third-order valence-electron chi connectivity index (χ3n) is 5.04. The molecule has 1 heterocycles. The van der Waals surface area contributed by atoms with Gasteiger partial charge in [-0.2, -0.15) is 0 Å². The highest BCUT2D eigenvalue weighted by atomic mass is 15.0. The van der Waals surface area contributed by atoms with Crippen molar-refractivity contribution in [2.45, 2.75) is 65.1 Å². The Hall–Kier alpha value is -0.760. The molecule has 0 radical (unpaired) electrons. The summed E-state index contributed by atoms with van der Waals surface area (Å²) in [5.41, 5.74) is 1.64. The van der Waals surface area contributed by atoms with Gasteiger partial charge in [-0.05, 0) is 69.9 Å². The highest BCUT2D eigenvalue weighted by Crippen LogP contribution is 2.48. The topological polar surface area (TPSA) is 17.0 Å². The fraction of sp³-hybridized carbons (Fsp3) is 0.765. The van der Waals surface area contributed by atoms with Crippen molar-refractivity contribution in [2.24, 2.45) is 17.8 Å². The third kappa shape index (κ3) is 3.05. The van der Waals surface area contributed by atoms with Gasteiger partial charge in [0, 0.05) is 30.5 Å². The molecule has 2 aliphatic carbocycles. The molecule has 3 unspecified atom stereocenters. The van der Waals surface area contributed by atoms with Crippen LogP contribution in [0.2, 0.25) is 0 Å². The number of nitrogens with zero attached hydrogens (tertiary/aromatic N) is 1. The van der Waals surface area contributed by atoms with Crippen LogP contribution in [0.5, 0.6) is 0 Å². The Morgan fingerprint density at radius 2 is 2.11 bits per heavy atom. The molecule has 106 valence electrons. The van der Waals surface area contributed by atoms with Crippen molar-refractivity contribution in [1.82, 2.24) is 9.88 Å². The van der Waals surface area contributed by atoms with E-state index < -0.39 is 0 Å². The molecule has 3 rings (SSSR count). The van der Waals surface area contributed by atoms with Crippen molar-refractivity contribution in [2.75, 3.05) is 0 Å². The van der Waals surface area contributed by atoms with Crippen LogP contribution in [0.25, 0.3) is 0 Å². The fourth-order valence-electron chi connectivity index (χ4n) is 4.00. The third-order valence-corrected chi connectivity index (χ3v) is 5.04. The minimum atomic E-state index is 0.196. The second kappa shape index (κ2) is 4.97. The van der Waals surface area contributed by atoms with Gasteiger partial charge >= 0.3 is 0 Å². The van der Waals surface area contributed by atoms with Gasteiger partial charge in [-0.3, -0.25) is 0 Å². The van der Waals surface area contributed by atoms with Gasteiger partial charge in [-0.15, -0.1) is 0 Å². The molecule has 2 bridgehead atoms. The van der Waals surface area contributed by atoms with E-state index in [2.05, 4.69) is 49.0 Å². The van der Waals surface area contributed by atoms with E-state index in [0.717, 1.165) is 24.3 Å². The lowest BCUT2D eigenvalue weighted by atomic mass is 9.89. The molecule has 0 amide bonds. The number of hydrogen-bond donors (Lipinski definition) is 1. The van der Waals surface area contributed by atoms with Crippen molar-refractivity contribution >= 4 is 0 Å². The van der Waals surface area contributed by atoms with Crippen LogP contribution in [0.15, 0.2) is 18.3 Å². The zero-order valence-electron chi connectivity index (χ0n) is 12.7. The van der Waals surface area contributed by atoms with E-state index in [1.54, 1.807) is 0 Å². The summed E-state index contributed by atoms with van der Waals surface area (Å²) in [5.74, 6) is 3.03. The molecule has 0 aliphatic heterocycles. The van der Waals surface area contributed by atoms with E-state index in [0.29, 0.717) is 0 Å². The fourth-order valence-corrected chi connectivity index (χ4v) is 4.00.